The van der Waals surface area contributed by atoms with Crippen molar-refractivity contribution >= 4 is 27.5 Å². The lowest BCUT2D eigenvalue weighted by molar-refractivity contribution is -0.136. The number of fused-ring (bicyclic) bond motifs is 1. The van der Waals surface area contributed by atoms with Crippen molar-refractivity contribution in [3.63, 3.8) is 0 Å². The summed E-state index contributed by atoms with van der Waals surface area (Å²) in [6.45, 7) is 3.17. The van der Waals surface area contributed by atoms with Gasteiger partial charge in [-0.05, 0) is 43.7 Å². The zero-order chi connectivity index (χ0) is 17.9. The summed E-state index contributed by atoms with van der Waals surface area (Å²) in [6, 6.07) is 12.0. The van der Waals surface area contributed by atoms with Crippen LogP contribution in [0.5, 0.6) is 0 Å². The molecule has 3 heterocycles. The van der Waals surface area contributed by atoms with E-state index in [1.54, 1.807) is 17.6 Å². The van der Waals surface area contributed by atoms with Crippen molar-refractivity contribution in [3.8, 4) is 0 Å². The van der Waals surface area contributed by atoms with Crippen molar-refractivity contribution in [1.82, 2.24) is 14.8 Å². The highest BCUT2D eigenvalue weighted by Gasteiger charge is 2.28. The summed E-state index contributed by atoms with van der Waals surface area (Å²) in [5.41, 5.74) is 1.01. The van der Waals surface area contributed by atoms with E-state index in [0.717, 1.165) is 48.8 Å². The topological polar surface area (TPSA) is 49.6 Å². The van der Waals surface area contributed by atoms with Crippen molar-refractivity contribution < 1.29 is 9.21 Å². The van der Waals surface area contributed by atoms with Gasteiger partial charge in [-0.25, -0.2) is 4.98 Å². The minimum absolute atomic E-state index is 0.0538. The third kappa shape index (κ3) is 3.81. The van der Waals surface area contributed by atoms with Gasteiger partial charge < -0.3 is 9.32 Å². The quantitative estimate of drug-likeness (QED) is 0.687. The van der Waals surface area contributed by atoms with Crippen LogP contribution in [0, 0.1) is 5.92 Å². The fraction of sp³-hybridized carbons (Fsp3) is 0.400. The Morgan fingerprint density at radius 3 is 3.04 bits per heavy atom. The monoisotopic (exact) mass is 369 g/mol. The number of para-hydroxylation sites is 1. The molecule has 1 aliphatic rings. The fourth-order valence-electron chi connectivity index (χ4n) is 3.60. The lowest BCUT2D eigenvalue weighted by Gasteiger charge is -2.33. The van der Waals surface area contributed by atoms with Gasteiger partial charge in [0.1, 0.15) is 10.8 Å². The van der Waals surface area contributed by atoms with Crippen LogP contribution in [0.2, 0.25) is 0 Å². The normalized spacial score (nSPS) is 18.3. The van der Waals surface area contributed by atoms with Crippen molar-refractivity contribution in [3.05, 3.63) is 53.4 Å². The average molecular weight is 369 g/mol. The van der Waals surface area contributed by atoms with Gasteiger partial charge in [0.2, 0.25) is 5.91 Å². The summed E-state index contributed by atoms with van der Waals surface area (Å²) in [4.78, 5) is 21.7. The Hall–Kier alpha value is -2.18. The molecule has 5 nitrogen and oxygen atoms in total. The number of piperidine rings is 1. The van der Waals surface area contributed by atoms with Gasteiger partial charge in [0.15, 0.2) is 0 Å². The van der Waals surface area contributed by atoms with Crippen LogP contribution >= 0.6 is 11.3 Å². The van der Waals surface area contributed by atoms with Crippen LogP contribution in [0.15, 0.2) is 47.1 Å². The minimum Gasteiger partial charge on any atom is -0.468 e. The molecule has 0 aliphatic carbocycles. The first kappa shape index (κ1) is 17.2. The molecule has 136 valence electrons. The van der Waals surface area contributed by atoms with Crippen LogP contribution in [0.3, 0.4) is 0 Å². The first-order chi connectivity index (χ1) is 12.7. The number of rotatable bonds is 5. The lowest BCUT2D eigenvalue weighted by Crippen LogP contribution is -2.43. The van der Waals surface area contributed by atoms with Crippen LogP contribution in [-0.4, -0.2) is 40.8 Å². The van der Waals surface area contributed by atoms with Crippen LogP contribution in [0.1, 0.15) is 23.6 Å². The summed E-state index contributed by atoms with van der Waals surface area (Å²) in [5.74, 6) is 1.23. The highest BCUT2D eigenvalue weighted by atomic mass is 32.1. The highest BCUT2D eigenvalue weighted by Crippen LogP contribution is 2.24. The molecule has 0 unspecified atom stereocenters. The molecular weight excluding hydrogens is 346 g/mol. The van der Waals surface area contributed by atoms with E-state index in [-0.39, 0.29) is 11.8 Å². The smallest absolute Gasteiger partial charge is 0.227 e. The number of hydrogen-bond donors (Lipinski definition) is 0. The number of hydrogen-bond acceptors (Lipinski definition) is 5. The van der Waals surface area contributed by atoms with Crippen LogP contribution in [0.25, 0.3) is 10.2 Å². The molecule has 1 amide bonds. The molecule has 0 bridgehead atoms. The first-order valence-corrected chi connectivity index (χ1v) is 9.85. The highest BCUT2D eigenvalue weighted by molar-refractivity contribution is 7.18. The Balaban J connectivity index is 1.37. The second-order valence-corrected chi connectivity index (χ2v) is 8.04. The summed E-state index contributed by atoms with van der Waals surface area (Å²) >= 11 is 1.67. The zero-order valence-electron chi connectivity index (χ0n) is 14.9. The molecule has 4 rings (SSSR count). The SMILES string of the molecule is CN(Cc1nc2ccccc2s1)C(=O)[C@H]1CCCN(Cc2ccco2)C1. The van der Waals surface area contributed by atoms with Gasteiger partial charge >= 0.3 is 0 Å². The van der Waals surface area contributed by atoms with E-state index in [1.807, 2.05) is 42.3 Å². The zero-order valence-corrected chi connectivity index (χ0v) is 15.7. The molecule has 0 N–H and O–H groups in total. The van der Waals surface area contributed by atoms with Gasteiger partial charge in [0.25, 0.3) is 0 Å². The number of likely N-dealkylation sites (tertiary alicyclic amines) is 1. The van der Waals surface area contributed by atoms with Gasteiger partial charge in [-0.1, -0.05) is 12.1 Å². The van der Waals surface area contributed by atoms with Gasteiger partial charge in [-0.15, -0.1) is 11.3 Å². The maximum atomic E-state index is 12.9. The predicted octanol–water partition coefficient (Wildman–Crippen LogP) is 3.76. The van der Waals surface area contributed by atoms with Gasteiger partial charge in [0, 0.05) is 13.6 Å². The maximum Gasteiger partial charge on any atom is 0.227 e. The van der Waals surface area contributed by atoms with E-state index < -0.39 is 0 Å². The van der Waals surface area contributed by atoms with E-state index in [9.17, 15) is 4.79 Å². The maximum absolute atomic E-state index is 12.9. The van der Waals surface area contributed by atoms with E-state index in [0.29, 0.717) is 6.54 Å². The largest absolute Gasteiger partial charge is 0.468 e. The number of carbonyl (C=O) groups excluding carboxylic acids is 1. The number of thiazole rings is 1. The predicted molar refractivity (Wildman–Crippen MR) is 103 cm³/mol. The van der Waals surface area contributed by atoms with Gasteiger partial charge in [-0.2, -0.15) is 0 Å². The number of furan rings is 1. The van der Waals surface area contributed by atoms with E-state index >= 15 is 0 Å². The number of aromatic nitrogens is 1. The van der Waals surface area contributed by atoms with Crippen LogP contribution in [-0.2, 0) is 17.9 Å². The first-order valence-electron chi connectivity index (χ1n) is 9.03. The molecule has 1 aromatic carbocycles. The Morgan fingerprint density at radius 2 is 2.23 bits per heavy atom. The van der Waals surface area contributed by atoms with Crippen molar-refractivity contribution in [1.29, 1.82) is 0 Å². The second-order valence-electron chi connectivity index (χ2n) is 6.92. The Bertz CT molecular complexity index is 841. The molecular formula is C20H23N3O2S. The Morgan fingerprint density at radius 1 is 1.35 bits per heavy atom. The molecule has 0 spiro atoms. The molecule has 1 fully saturated rings. The average Bonchev–Trinajstić information content (AvgIpc) is 3.30. The number of nitrogens with zero attached hydrogens (tertiary/aromatic N) is 3. The van der Waals surface area contributed by atoms with Gasteiger partial charge in [0.05, 0.1) is 35.5 Å². The second kappa shape index (κ2) is 7.60. The molecule has 2 aromatic heterocycles. The third-order valence-electron chi connectivity index (χ3n) is 4.90. The molecule has 0 radical (unpaired) electrons. The van der Waals surface area contributed by atoms with E-state index in [2.05, 4.69) is 16.0 Å². The number of benzene rings is 1. The molecule has 1 saturated heterocycles. The Kier molecular flexibility index (Phi) is 5.04. The number of amides is 1. The fourth-order valence-corrected chi connectivity index (χ4v) is 4.62. The standard InChI is InChI=1S/C20H23N3O2S/c1-22(14-19-21-17-8-2-3-9-18(17)26-19)20(24)15-6-4-10-23(12-15)13-16-7-5-11-25-16/h2-3,5,7-9,11,15H,4,6,10,12-14H2,1H3/t15-/m0/s1. The summed E-state index contributed by atoms with van der Waals surface area (Å²) < 4.78 is 6.62. The molecule has 1 atom stereocenters. The third-order valence-corrected chi connectivity index (χ3v) is 5.92. The van der Waals surface area contributed by atoms with Crippen LogP contribution < -0.4 is 0 Å². The van der Waals surface area contributed by atoms with E-state index in [4.69, 9.17) is 4.42 Å². The summed E-state index contributed by atoms with van der Waals surface area (Å²) in [6.07, 6.45) is 3.71. The molecule has 1 aliphatic heterocycles. The minimum atomic E-state index is 0.0538. The molecule has 0 saturated carbocycles. The molecule has 26 heavy (non-hydrogen) atoms. The number of carbonyl (C=O) groups is 1. The van der Waals surface area contributed by atoms with E-state index in [1.165, 1.54) is 4.70 Å². The molecule has 6 heteroatoms. The lowest BCUT2D eigenvalue weighted by atomic mass is 9.96. The summed E-state index contributed by atoms with van der Waals surface area (Å²) in [7, 11) is 1.89. The van der Waals surface area contributed by atoms with Crippen LogP contribution in [0.4, 0.5) is 0 Å². The molecule has 3 aromatic rings. The van der Waals surface area contributed by atoms with Crippen molar-refractivity contribution in [2.24, 2.45) is 5.92 Å². The summed E-state index contributed by atoms with van der Waals surface area (Å²) in [5, 5.41) is 0.991. The Labute approximate surface area is 157 Å². The van der Waals surface area contributed by atoms with Gasteiger partial charge in [-0.3, -0.25) is 9.69 Å². The van der Waals surface area contributed by atoms with Crippen molar-refractivity contribution in [2.45, 2.75) is 25.9 Å². The van der Waals surface area contributed by atoms with Crippen molar-refractivity contribution in [2.75, 3.05) is 20.1 Å².